The first-order chi connectivity index (χ1) is 13.7. The van der Waals surface area contributed by atoms with Crippen LogP contribution in [0.15, 0.2) is 6.20 Å². The summed E-state index contributed by atoms with van der Waals surface area (Å²) in [5.74, 6) is -0.509. The van der Waals surface area contributed by atoms with Crippen LogP contribution < -0.4 is 11.1 Å². The lowest BCUT2D eigenvalue weighted by atomic mass is 9.74. The van der Waals surface area contributed by atoms with Crippen molar-refractivity contribution in [2.24, 2.45) is 17.1 Å². The molecular weight excluding hydrogens is 368 g/mol. The van der Waals surface area contributed by atoms with E-state index in [2.05, 4.69) is 35.2 Å². The van der Waals surface area contributed by atoms with Crippen molar-refractivity contribution >= 4 is 17.6 Å². The van der Waals surface area contributed by atoms with Gasteiger partial charge in [0, 0.05) is 31.2 Å². The van der Waals surface area contributed by atoms with Gasteiger partial charge in [0.15, 0.2) is 5.82 Å². The van der Waals surface area contributed by atoms with Gasteiger partial charge in [-0.05, 0) is 43.9 Å². The smallest absolute Gasteiger partial charge is 0.254 e. The van der Waals surface area contributed by atoms with E-state index < -0.39 is 11.4 Å². The summed E-state index contributed by atoms with van der Waals surface area (Å²) in [6.45, 7) is 6.82. The number of anilines is 1. The van der Waals surface area contributed by atoms with Gasteiger partial charge in [0.25, 0.3) is 5.91 Å². The first kappa shape index (κ1) is 19.9. The molecule has 8 heteroatoms. The maximum absolute atomic E-state index is 12.2. The van der Waals surface area contributed by atoms with E-state index in [0.717, 1.165) is 51.6 Å². The van der Waals surface area contributed by atoms with Crippen LogP contribution in [0.4, 0.5) is 5.82 Å². The molecule has 1 aromatic heterocycles. The van der Waals surface area contributed by atoms with Crippen LogP contribution >= 0.6 is 0 Å². The molecule has 4 rings (SSSR count). The normalized spacial score (nSPS) is 28.9. The summed E-state index contributed by atoms with van der Waals surface area (Å²) in [4.78, 5) is 26.7. The molecule has 0 bridgehead atoms. The van der Waals surface area contributed by atoms with Crippen molar-refractivity contribution in [3.05, 3.63) is 11.8 Å². The molecule has 3 aliphatic rings. The van der Waals surface area contributed by atoms with E-state index in [0.29, 0.717) is 17.9 Å². The first-order valence-electron chi connectivity index (χ1n) is 10.5. The highest BCUT2D eigenvalue weighted by Crippen LogP contribution is 2.43. The van der Waals surface area contributed by atoms with Crippen molar-refractivity contribution in [2.45, 2.75) is 70.4 Å². The number of aromatic nitrogens is 2. The van der Waals surface area contributed by atoms with Gasteiger partial charge in [0.2, 0.25) is 5.91 Å². The molecule has 1 saturated heterocycles. The highest BCUT2D eigenvalue weighted by atomic mass is 16.2. The summed E-state index contributed by atoms with van der Waals surface area (Å²) >= 11 is 0. The van der Waals surface area contributed by atoms with Crippen molar-refractivity contribution in [1.82, 2.24) is 14.7 Å². The molecule has 2 aliphatic carbocycles. The second kappa shape index (κ2) is 7.13. The van der Waals surface area contributed by atoms with Crippen LogP contribution in [0.2, 0.25) is 0 Å². The number of nitriles is 1. The van der Waals surface area contributed by atoms with Crippen molar-refractivity contribution in [3.63, 3.8) is 0 Å². The van der Waals surface area contributed by atoms with Gasteiger partial charge >= 0.3 is 0 Å². The zero-order valence-electron chi connectivity index (χ0n) is 17.3. The van der Waals surface area contributed by atoms with Crippen molar-refractivity contribution < 1.29 is 9.59 Å². The van der Waals surface area contributed by atoms with Gasteiger partial charge in [-0.1, -0.05) is 13.8 Å². The number of nitrogens with one attached hydrogen (secondary N) is 1. The Hall–Kier alpha value is -2.40. The summed E-state index contributed by atoms with van der Waals surface area (Å²) < 4.78 is 1.73. The predicted octanol–water partition coefficient (Wildman–Crippen LogP) is 2.22. The lowest BCUT2D eigenvalue weighted by Crippen LogP contribution is -2.58. The molecule has 3 fully saturated rings. The molecule has 8 nitrogen and oxygen atoms in total. The van der Waals surface area contributed by atoms with Crippen LogP contribution in [0, 0.1) is 22.7 Å². The van der Waals surface area contributed by atoms with Crippen molar-refractivity contribution in [2.75, 3.05) is 18.4 Å². The second-order valence-electron chi connectivity index (χ2n) is 9.82. The molecule has 0 atom stereocenters. The third-order valence-electron chi connectivity index (χ3n) is 6.73. The lowest BCUT2D eigenvalue weighted by Gasteiger charge is -2.52. The van der Waals surface area contributed by atoms with Crippen LogP contribution in [0.5, 0.6) is 0 Å². The summed E-state index contributed by atoms with van der Waals surface area (Å²) in [7, 11) is 0. The van der Waals surface area contributed by atoms with Crippen LogP contribution in [-0.4, -0.2) is 45.6 Å². The van der Waals surface area contributed by atoms with E-state index in [1.54, 1.807) is 10.9 Å². The Bertz CT molecular complexity index is 847. The molecule has 1 aromatic rings. The summed E-state index contributed by atoms with van der Waals surface area (Å²) in [6, 6.07) is 2.85. The SMILES string of the molecule is CC1(C)CN(C2CCC(CC#N)(n3cc(C(N)=O)c(NC(=O)C4CC4)n3)CC2)C1. The summed E-state index contributed by atoms with van der Waals surface area (Å²) in [6.07, 6.45) is 7.30. The first-order valence-corrected chi connectivity index (χ1v) is 10.5. The van der Waals surface area contributed by atoms with Crippen molar-refractivity contribution in [3.8, 4) is 6.07 Å². The standard InChI is InChI=1S/C21H30N6O2/c1-20(2)12-26(13-20)15-5-7-21(8-6-15,9-10-22)27-11-16(17(23)28)18(25-27)24-19(29)14-3-4-14/h11,14-15H,3-9,12-13H2,1-2H3,(H2,23,28)(H,24,25,29). The number of hydrogen-bond donors (Lipinski definition) is 2. The largest absolute Gasteiger partial charge is 0.365 e. The maximum atomic E-state index is 12.2. The second-order valence-corrected chi connectivity index (χ2v) is 9.82. The van der Waals surface area contributed by atoms with Gasteiger partial charge in [-0.2, -0.15) is 10.4 Å². The third-order valence-corrected chi connectivity index (χ3v) is 6.73. The van der Waals surface area contributed by atoms with Gasteiger partial charge < -0.3 is 11.1 Å². The minimum atomic E-state index is -0.619. The number of carbonyl (C=O) groups is 2. The molecule has 0 unspecified atom stereocenters. The minimum absolute atomic E-state index is 0.00478. The van der Waals surface area contributed by atoms with E-state index >= 15 is 0 Å². The van der Waals surface area contributed by atoms with Crippen LogP contribution in [0.25, 0.3) is 0 Å². The molecule has 156 valence electrons. The molecular formula is C21H30N6O2. The Labute approximate surface area is 171 Å². The minimum Gasteiger partial charge on any atom is -0.365 e. The Balaban J connectivity index is 1.53. The lowest BCUT2D eigenvalue weighted by molar-refractivity contribution is -0.117. The molecule has 2 heterocycles. The van der Waals surface area contributed by atoms with Crippen molar-refractivity contribution in [1.29, 1.82) is 5.26 Å². The van der Waals surface area contributed by atoms with E-state index in [4.69, 9.17) is 5.73 Å². The molecule has 0 aromatic carbocycles. The fraction of sp³-hybridized carbons (Fsp3) is 0.714. The average molecular weight is 399 g/mol. The fourth-order valence-corrected chi connectivity index (χ4v) is 4.90. The Kier molecular flexibility index (Phi) is 4.89. The van der Waals surface area contributed by atoms with Gasteiger partial charge in [0.05, 0.1) is 18.0 Å². The van der Waals surface area contributed by atoms with Gasteiger partial charge in [-0.25, -0.2) is 0 Å². The van der Waals surface area contributed by atoms with E-state index in [1.165, 1.54) is 0 Å². The highest BCUT2D eigenvalue weighted by molar-refractivity contribution is 6.02. The van der Waals surface area contributed by atoms with Gasteiger partial charge in [0.1, 0.15) is 5.56 Å². The Morgan fingerprint density at radius 3 is 2.45 bits per heavy atom. The van der Waals surface area contributed by atoms with Gasteiger partial charge in [-0.3, -0.25) is 19.2 Å². The molecule has 3 N–H and O–H groups in total. The van der Waals surface area contributed by atoms with Gasteiger partial charge in [-0.15, -0.1) is 0 Å². The molecule has 0 radical (unpaired) electrons. The van der Waals surface area contributed by atoms with Crippen LogP contribution in [-0.2, 0) is 10.3 Å². The summed E-state index contributed by atoms with van der Waals surface area (Å²) in [5.41, 5.74) is 5.69. The average Bonchev–Trinajstić information content (AvgIpc) is 3.41. The quantitative estimate of drug-likeness (QED) is 0.762. The molecule has 1 aliphatic heterocycles. The Morgan fingerprint density at radius 1 is 1.28 bits per heavy atom. The monoisotopic (exact) mass is 398 g/mol. The van der Waals surface area contributed by atoms with E-state index in [9.17, 15) is 14.9 Å². The van der Waals surface area contributed by atoms with Crippen LogP contribution in [0.3, 0.4) is 0 Å². The molecule has 2 saturated carbocycles. The van der Waals surface area contributed by atoms with Crippen LogP contribution in [0.1, 0.15) is 69.2 Å². The fourth-order valence-electron chi connectivity index (χ4n) is 4.90. The topological polar surface area (TPSA) is 117 Å². The maximum Gasteiger partial charge on any atom is 0.254 e. The number of nitrogens with two attached hydrogens (primary N) is 1. The predicted molar refractivity (Wildman–Crippen MR) is 108 cm³/mol. The number of hydrogen-bond acceptors (Lipinski definition) is 5. The number of likely N-dealkylation sites (tertiary alicyclic amines) is 1. The number of carbonyl (C=O) groups excluding carboxylic acids is 2. The third kappa shape index (κ3) is 3.88. The Morgan fingerprint density at radius 2 is 1.93 bits per heavy atom. The summed E-state index contributed by atoms with van der Waals surface area (Å²) in [5, 5.41) is 16.8. The zero-order valence-corrected chi connectivity index (χ0v) is 17.3. The molecule has 2 amide bonds. The number of nitrogens with zero attached hydrogens (tertiary/aromatic N) is 4. The highest BCUT2D eigenvalue weighted by Gasteiger charge is 2.44. The number of rotatable bonds is 6. The number of primary amides is 1. The molecule has 0 spiro atoms. The van der Waals surface area contributed by atoms with E-state index in [-0.39, 0.29) is 23.2 Å². The number of amides is 2. The van der Waals surface area contributed by atoms with E-state index in [1.807, 2.05) is 0 Å². The zero-order chi connectivity index (χ0) is 20.8. The molecule has 29 heavy (non-hydrogen) atoms.